The molecular formula is C10H18N2O. The Bertz CT molecular complexity index is 195. The first kappa shape index (κ1) is 8.85. The quantitative estimate of drug-likeness (QED) is 0.605. The van der Waals surface area contributed by atoms with Gasteiger partial charge in [-0.25, -0.2) is 4.79 Å². The molecule has 0 N–H and O–H groups in total. The number of hydrogen-bond acceptors (Lipinski definition) is 1. The minimum atomic E-state index is 0.252. The smallest absolute Gasteiger partial charge is 0.319 e. The van der Waals surface area contributed by atoms with Gasteiger partial charge in [0.25, 0.3) is 0 Å². The summed E-state index contributed by atoms with van der Waals surface area (Å²) in [6.45, 7) is 1.94. The fourth-order valence-electron chi connectivity index (χ4n) is 2.06. The van der Waals surface area contributed by atoms with E-state index in [2.05, 4.69) is 0 Å². The molecule has 2 fully saturated rings. The van der Waals surface area contributed by atoms with Crippen molar-refractivity contribution >= 4 is 6.03 Å². The van der Waals surface area contributed by atoms with Crippen LogP contribution in [0.25, 0.3) is 0 Å². The Morgan fingerprint density at radius 3 is 2.31 bits per heavy atom. The van der Waals surface area contributed by atoms with E-state index in [1.807, 2.05) is 16.8 Å². The lowest BCUT2D eigenvalue weighted by molar-refractivity contribution is 0.129. The van der Waals surface area contributed by atoms with Gasteiger partial charge < -0.3 is 9.80 Å². The van der Waals surface area contributed by atoms with Crippen LogP contribution < -0.4 is 0 Å². The number of rotatable bonds is 1. The largest absolute Gasteiger partial charge is 0.325 e. The van der Waals surface area contributed by atoms with Gasteiger partial charge >= 0.3 is 6.03 Å². The molecule has 1 aliphatic heterocycles. The maximum absolute atomic E-state index is 11.8. The van der Waals surface area contributed by atoms with Crippen molar-refractivity contribution in [1.82, 2.24) is 9.80 Å². The molecule has 3 heteroatoms. The predicted molar refractivity (Wildman–Crippen MR) is 51.6 cm³/mol. The second kappa shape index (κ2) is 3.56. The summed E-state index contributed by atoms with van der Waals surface area (Å²) in [4.78, 5) is 15.8. The summed E-state index contributed by atoms with van der Waals surface area (Å²) in [5.41, 5.74) is 0. The number of hydrogen-bond donors (Lipinski definition) is 0. The van der Waals surface area contributed by atoms with Crippen molar-refractivity contribution in [3.05, 3.63) is 0 Å². The van der Waals surface area contributed by atoms with Crippen LogP contribution >= 0.6 is 0 Å². The molecule has 2 rings (SSSR count). The highest BCUT2D eigenvalue weighted by atomic mass is 16.2. The molecule has 2 amide bonds. The summed E-state index contributed by atoms with van der Waals surface area (Å²) in [5.74, 6) is 0. The molecule has 3 nitrogen and oxygen atoms in total. The summed E-state index contributed by atoms with van der Waals surface area (Å²) < 4.78 is 0. The second-order valence-electron chi connectivity index (χ2n) is 4.17. The van der Waals surface area contributed by atoms with E-state index in [4.69, 9.17) is 0 Å². The molecular weight excluding hydrogens is 164 g/mol. The van der Waals surface area contributed by atoms with Crippen LogP contribution in [0.4, 0.5) is 4.79 Å². The van der Waals surface area contributed by atoms with Crippen LogP contribution in [0, 0.1) is 0 Å². The van der Waals surface area contributed by atoms with E-state index in [1.54, 1.807) is 0 Å². The molecule has 2 aliphatic rings. The maximum atomic E-state index is 11.8. The molecule has 1 aliphatic carbocycles. The van der Waals surface area contributed by atoms with Crippen LogP contribution in [0.3, 0.4) is 0 Å². The van der Waals surface area contributed by atoms with Gasteiger partial charge in [0, 0.05) is 26.2 Å². The zero-order valence-corrected chi connectivity index (χ0v) is 8.33. The van der Waals surface area contributed by atoms with Crippen molar-refractivity contribution in [1.29, 1.82) is 0 Å². The Morgan fingerprint density at radius 1 is 1.23 bits per heavy atom. The van der Waals surface area contributed by atoms with Crippen LogP contribution in [-0.4, -0.2) is 42.0 Å². The highest BCUT2D eigenvalue weighted by molar-refractivity contribution is 5.74. The zero-order chi connectivity index (χ0) is 9.26. The molecule has 0 atom stereocenters. The summed E-state index contributed by atoms with van der Waals surface area (Å²) in [6.07, 6.45) is 6.07. The average molecular weight is 182 g/mol. The maximum Gasteiger partial charge on any atom is 0.319 e. The molecule has 0 aromatic carbocycles. The van der Waals surface area contributed by atoms with Gasteiger partial charge in [0.05, 0.1) is 0 Å². The van der Waals surface area contributed by atoms with Gasteiger partial charge in [-0.05, 0) is 32.1 Å². The fraction of sp³-hybridized carbons (Fsp3) is 0.900. The van der Waals surface area contributed by atoms with Gasteiger partial charge in [-0.1, -0.05) is 0 Å². The topological polar surface area (TPSA) is 23.6 Å². The first-order chi connectivity index (χ1) is 6.29. The Hall–Kier alpha value is -0.730. The lowest BCUT2D eigenvalue weighted by atomic mass is 9.92. The molecule has 0 aromatic heterocycles. The van der Waals surface area contributed by atoms with E-state index in [1.165, 1.54) is 32.1 Å². The Kier molecular flexibility index (Phi) is 2.42. The zero-order valence-electron chi connectivity index (χ0n) is 8.33. The molecule has 0 spiro atoms. The van der Waals surface area contributed by atoms with E-state index < -0.39 is 0 Å². The van der Waals surface area contributed by atoms with Crippen LogP contribution in [0.5, 0.6) is 0 Å². The lowest BCUT2D eigenvalue weighted by Crippen LogP contribution is -2.47. The number of carbonyl (C=O) groups is 1. The molecule has 0 aromatic rings. The Balaban J connectivity index is 1.87. The highest BCUT2D eigenvalue weighted by Gasteiger charge is 2.29. The third kappa shape index (κ3) is 1.64. The second-order valence-corrected chi connectivity index (χ2v) is 4.17. The normalized spacial score (nSPS) is 23.0. The van der Waals surface area contributed by atoms with Gasteiger partial charge in [-0.2, -0.15) is 0 Å². The number of amides is 2. The highest BCUT2D eigenvalue weighted by Crippen LogP contribution is 2.25. The molecule has 0 radical (unpaired) electrons. The van der Waals surface area contributed by atoms with E-state index in [-0.39, 0.29) is 6.03 Å². The lowest BCUT2D eigenvalue weighted by Gasteiger charge is -2.36. The van der Waals surface area contributed by atoms with Crippen LogP contribution in [0.1, 0.15) is 32.1 Å². The van der Waals surface area contributed by atoms with Crippen molar-refractivity contribution in [2.75, 3.05) is 20.1 Å². The van der Waals surface area contributed by atoms with Gasteiger partial charge in [-0.15, -0.1) is 0 Å². The van der Waals surface area contributed by atoms with Gasteiger partial charge in [0.2, 0.25) is 0 Å². The van der Waals surface area contributed by atoms with Crippen molar-refractivity contribution in [3.63, 3.8) is 0 Å². The average Bonchev–Trinajstić information content (AvgIpc) is 2.51. The van der Waals surface area contributed by atoms with Crippen LogP contribution in [-0.2, 0) is 0 Å². The van der Waals surface area contributed by atoms with Crippen LogP contribution in [0.2, 0.25) is 0 Å². The summed E-state index contributed by atoms with van der Waals surface area (Å²) >= 11 is 0. The van der Waals surface area contributed by atoms with Gasteiger partial charge in [-0.3, -0.25) is 0 Å². The third-order valence-corrected chi connectivity index (χ3v) is 3.30. The fourth-order valence-corrected chi connectivity index (χ4v) is 2.06. The van der Waals surface area contributed by atoms with E-state index in [0.29, 0.717) is 6.04 Å². The Morgan fingerprint density at radius 2 is 1.85 bits per heavy atom. The number of carbonyl (C=O) groups excluding carboxylic acids is 1. The van der Waals surface area contributed by atoms with E-state index in [9.17, 15) is 4.79 Å². The standard InChI is InChI=1S/C10H18N2O/c1-11(9-5-4-6-9)10(13)12-7-2-3-8-12/h9H,2-8H2,1H3. The summed E-state index contributed by atoms with van der Waals surface area (Å²) in [7, 11) is 1.95. The minimum absolute atomic E-state index is 0.252. The molecule has 13 heavy (non-hydrogen) atoms. The van der Waals surface area contributed by atoms with Crippen LogP contribution in [0.15, 0.2) is 0 Å². The predicted octanol–water partition coefficient (Wildman–Crippen LogP) is 1.69. The monoisotopic (exact) mass is 182 g/mol. The van der Waals surface area contributed by atoms with Crippen molar-refractivity contribution in [2.45, 2.75) is 38.1 Å². The van der Waals surface area contributed by atoms with E-state index in [0.717, 1.165) is 13.1 Å². The van der Waals surface area contributed by atoms with Gasteiger partial charge in [0.1, 0.15) is 0 Å². The number of nitrogens with zero attached hydrogens (tertiary/aromatic N) is 2. The molecule has 0 bridgehead atoms. The van der Waals surface area contributed by atoms with Crippen molar-refractivity contribution in [2.24, 2.45) is 0 Å². The first-order valence-electron chi connectivity index (χ1n) is 5.31. The molecule has 0 unspecified atom stereocenters. The first-order valence-corrected chi connectivity index (χ1v) is 5.31. The summed E-state index contributed by atoms with van der Waals surface area (Å²) in [6, 6.07) is 0.787. The minimum Gasteiger partial charge on any atom is -0.325 e. The van der Waals surface area contributed by atoms with E-state index >= 15 is 0 Å². The Labute approximate surface area is 79.7 Å². The van der Waals surface area contributed by atoms with Gasteiger partial charge in [0.15, 0.2) is 0 Å². The molecule has 1 heterocycles. The summed E-state index contributed by atoms with van der Waals surface area (Å²) in [5, 5.41) is 0. The van der Waals surface area contributed by atoms with Crippen molar-refractivity contribution < 1.29 is 4.79 Å². The SMILES string of the molecule is CN(C(=O)N1CCCC1)C1CCC1. The molecule has 1 saturated heterocycles. The molecule has 74 valence electrons. The van der Waals surface area contributed by atoms with Crippen molar-refractivity contribution in [3.8, 4) is 0 Å². The number of urea groups is 1. The third-order valence-electron chi connectivity index (χ3n) is 3.30. The number of likely N-dealkylation sites (tertiary alicyclic amines) is 1. The molecule has 1 saturated carbocycles.